The highest BCUT2D eigenvalue weighted by molar-refractivity contribution is 7.89. The summed E-state index contributed by atoms with van der Waals surface area (Å²) in [7, 11) is -2.47. The van der Waals surface area contributed by atoms with E-state index < -0.39 is 21.9 Å². The monoisotopic (exact) mass is 446 g/mol. The third-order valence-electron chi connectivity index (χ3n) is 5.12. The summed E-state index contributed by atoms with van der Waals surface area (Å²) >= 11 is 0. The van der Waals surface area contributed by atoms with Gasteiger partial charge >= 0.3 is 5.97 Å². The van der Waals surface area contributed by atoms with Crippen LogP contribution >= 0.6 is 0 Å². The van der Waals surface area contributed by atoms with Gasteiger partial charge in [0.05, 0.1) is 35.8 Å². The van der Waals surface area contributed by atoms with E-state index in [1.165, 1.54) is 23.5 Å². The van der Waals surface area contributed by atoms with Gasteiger partial charge in [-0.15, -0.1) is 0 Å². The number of nitrogens with zero attached hydrogens (tertiary/aromatic N) is 1. The highest BCUT2D eigenvalue weighted by atomic mass is 32.2. The summed E-state index contributed by atoms with van der Waals surface area (Å²) in [5, 5.41) is 2.75. The third kappa shape index (κ3) is 5.23. The van der Waals surface area contributed by atoms with E-state index in [9.17, 15) is 18.0 Å². The lowest BCUT2D eigenvalue weighted by Crippen LogP contribution is -2.43. The fourth-order valence-electron chi connectivity index (χ4n) is 3.51. The van der Waals surface area contributed by atoms with E-state index in [4.69, 9.17) is 9.47 Å². The summed E-state index contributed by atoms with van der Waals surface area (Å²) in [5.74, 6) is -0.819. The Balaban J connectivity index is 1.73. The Kier molecular flexibility index (Phi) is 7.29. The molecule has 0 aromatic heterocycles. The van der Waals surface area contributed by atoms with Crippen LogP contribution in [0.15, 0.2) is 53.4 Å². The molecule has 166 valence electrons. The minimum atomic E-state index is -3.73. The van der Waals surface area contributed by atoms with Gasteiger partial charge in [0.2, 0.25) is 15.9 Å². The van der Waals surface area contributed by atoms with E-state index in [2.05, 4.69) is 5.32 Å². The molecule has 0 radical (unpaired) electrons. The molecule has 9 heteroatoms. The van der Waals surface area contributed by atoms with Gasteiger partial charge in [-0.05, 0) is 56.2 Å². The first-order valence-electron chi connectivity index (χ1n) is 10.1. The maximum atomic E-state index is 13.1. The van der Waals surface area contributed by atoms with E-state index in [1.54, 1.807) is 36.4 Å². The molecule has 1 N–H and O–H groups in total. The first kappa shape index (κ1) is 22.8. The van der Waals surface area contributed by atoms with Crippen molar-refractivity contribution in [1.29, 1.82) is 0 Å². The minimum absolute atomic E-state index is 0.0712. The Morgan fingerprint density at radius 2 is 1.84 bits per heavy atom. The van der Waals surface area contributed by atoms with Crippen molar-refractivity contribution in [3.8, 4) is 5.75 Å². The van der Waals surface area contributed by atoms with Crippen LogP contribution < -0.4 is 10.1 Å². The maximum Gasteiger partial charge on any atom is 0.339 e. The molecule has 31 heavy (non-hydrogen) atoms. The van der Waals surface area contributed by atoms with Crippen LogP contribution in [0.4, 0.5) is 5.69 Å². The predicted octanol–water partition coefficient (Wildman–Crippen LogP) is 2.91. The molecule has 1 fully saturated rings. The van der Waals surface area contributed by atoms with Crippen molar-refractivity contribution in [2.24, 2.45) is 5.92 Å². The van der Waals surface area contributed by atoms with Gasteiger partial charge in [-0.3, -0.25) is 4.79 Å². The van der Waals surface area contributed by atoms with Gasteiger partial charge in [0.25, 0.3) is 0 Å². The molecule has 0 saturated carbocycles. The van der Waals surface area contributed by atoms with Gasteiger partial charge in [-0.25, -0.2) is 13.2 Å². The summed E-state index contributed by atoms with van der Waals surface area (Å²) in [6.45, 7) is 2.76. The summed E-state index contributed by atoms with van der Waals surface area (Å²) in [6, 6.07) is 12.8. The van der Waals surface area contributed by atoms with Gasteiger partial charge < -0.3 is 14.8 Å². The fourth-order valence-corrected chi connectivity index (χ4v) is 5.04. The van der Waals surface area contributed by atoms with Gasteiger partial charge in [-0.1, -0.05) is 12.1 Å². The van der Waals surface area contributed by atoms with Gasteiger partial charge in [0.15, 0.2) is 0 Å². The number of carbonyl (C=O) groups is 2. The average molecular weight is 447 g/mol. The number of esters is 1. The summed E-state index contributed by atoms with van der Waals surface area (Å²) in [6.07, 6.45) is 1.12. The van der Waals surface area contributed by atoms with Crippen molar-refractivity contribution in [3.63, 3.8) is 0 Å². The number of carbonyl (C=O) groups excluding carboxylic acids is 2. The number of nitrogens with one attached hydrogen (secondary N) is 1. The Bertz CT molecular complexity index is 1040. The molecule has 0 spiro atoms. The van der Waals surface area contributed by atoms with Crippen LogP contribution in [0.5, 0.6) is 5.75 Å². The highest BCUT2D eigenvalue weighted by Gasteiger charge is 2.33. The number of rotatable bonds is 7. The number of anilines is 1. The van der Waals surface area contributed by atoms with E-state index in [-0.39, 0.29) is 22.9 Å². The Morgan fingerprint density at radius 1 is 1.13 bits per heavy atom. The number of hydrogen-bond acceptors (Lipinski definition) is 6. The zero-order chi connectivity index (χ0) is 22.4. The first-order valence-corrected chi connectivity index (χ1v) is 11.5. The SMILES string of the molecule is CCOc1ccc(S(=O)(=O)N2CCC[C@@H](C(=O)Nc3ccccc3C(=O)OC)C2)cc1. The van der Waals surface area contributed by atoms with E-state index in [1.807, 2.05) is 6.92 Å². The van der Waals surface area contributed by atoms with Crippen LogP contribution in [0.1, 0.15) is 30.1 Å². The van der Waals surface area contributed by atoms with E-state index in [0.717, 1.165) is 0 Å². The number of amides is 1. The number of ether oxygens (including phenoxy) is 2. The maximum absolute atomic E-state index is 13.1. The molecule has 1 aliphatic heterocycles. The number of piperidine rings is 1. The largest absolute Gasteiger partial charge is 0.494 e. The molecule has 0 bridgehead atoms. The lowest BCUT2D eigenvalue weighted by atomic mass is 9.98. The van der Waals surface area contributed by atoms with Crippen molar-refractivity contribution >= 4 is 27.6 Å². The number of methoxy groups -OCH3 is 1. The van der Waals surface area contributed by atoms with Gasteiger partial charge in [-0.2, -0.15) is 4.31 Å². The molecular weight excluding hydrogens is 420 g/mol. The fraction of sp³-hybridized carbons (Fsp3) is 0.364. The summed E-state index contributed by atoms with van der Waals surface area (Å²) in [4.78, 5) is 24.9. The lowest BCUT2D eigenvalue weighted by Gasteiger charge is -2.31. The molecule has 3 rings (SSSR count). The summed E-state index contributed by atoms with van der Waals surface area (Å²) in [5.41, 5.74) is 0.582. The number of benzene rings is 2. The molecule has 1 aliphatic rings. The number of hydrogen-bond donors (Lipinski definition) is 1. The second-order valence-corrected chi connectivity index (χ2v) is 9.07. The van der Waals surface area contributed by atoms with Crippen molar-refractivity contribution in [1.82, 2.24) is 4.31 Å². The first-order chi connectivity index (χ1) is 14.9. The molecule has 2 aromatic rings. The molecule has 1 heterocycles. The van der Waals surface area contributed by atoms with Crippen molar-refractivity contribution in [2.75, 3.05) is 32.1 Å². The van der Waals surface area contributed by atoms with E-state index >= 15 is 0 Å². The minimum Gasteiger partial charge on any atom is -0.494 e. The van der Waals surface area contributed by atoms with Crippen molar-refractivity contribution in [2.45, 2.75) is 24.7 Å². The highest BCUT2D eigenvalue weighted by Crippen LogP contribution is 2.26. The van der Waals surface area contributed by atoms with Crippen LogP contribution in [0.3, 0.4) is 0 Å². The number of para-hydroxylation sites is 1. The Morgan fingerprint density at radius 3 is 2.52 bits per heavy atom. The number of sulfonamides is 1. The smallest absolute Gasteiger partial charge is 0.339 e. The quantitative estimate of drug-likeness (QED) is 0.656. The lowest BCUT2D eigenvalue weighted by molar-refractivity contribution is -0.120. The van der Waals surface area contributed by atoms with Crippen LogP contribution in [-0.4, -0.2) is 51.4 Å². The Hall–Kier alpha value is -2.91. The van der Waals surface area contributed by atoms with Crippen LogP contribution in [0, 0.1) is 5.92 Å². The zero-order valence-electron chi connectivity index (χ0n) is 17.5. The Labute approximate surface area is 182 Å². The molecule has 1 atom stereocenters. The topological polar surface area (TPSA) is 102 Å². The van der Waals surface area contributed by atoms with E-state index in [0.29, 0.717) is 37.4 Å². The van der Waals surface area contributed by atoms with Crippen LogP contribution in [0.2, 0.25) is 0 Å². The third-order valence-corrected chi connectivity index (χ3v) is 7.00. The second-order valence-electron chi connectivity index (χ2n) is 7.13. The molecule has 2 aromatic carbocycles. The molecular formula is C22H26N2O6S. The van der Waals surface area contributed by atoms with Crippen molar-refractivity contribution in [3.05, 3.63) is 54.1 Å². The average Bonchev–Trinajstić information content (AvgIpc) is 2.79. The van der Waals surface area contributed by atoms with Crippen molar-refractivity contribution < 1.29 is 27.5 Å². The zero-order valence-corrected chi connectivity index (χ0v) is 18.4. The van der Waals surface area contributed by atoms with Crippen LogP contribution in [0.25, 0.3) is 0 Å². The summed E-state index contributed by atoms with van der Waals surface area (Å²) < 4.78 is 37.6. The molecule has 8 nitrogen and oxygen atoms in total. The van der Waals surface area contributed by atoms with Crippen LogP contribution in [-0.2, 0) is 19.6 Å². The second kappa shape index (κ2) is 9.93. The van der Waals surface area contributed by atoms with Gasteiger partial charge in [0, 0.05) is 13.1 Å². The molecule has 1 amide bonds. The van der Waals surface area contributed by atoms with Gasteiger partial charge in [0.1, 0.15) is 5.75 Å². The molecule has 0 aliphatic carbocycles. The molecule has 0 unspecified atom stereocenters. The predicted molar refractivity (Wildman–Crippen MR) is 116 cm³/mol. The molecule has 1 saturated heterocycles. The normalized spacial score (nSPS) is 17.0. The standard InChI is InChI=1S/C22H26N2O6S/c1-3-30-17-10-12-18(13-11-17)31(27,28)24-14-6-7-16(15-24)21(25)23-20-9-5-4-8-19(20)22(26)29-2/h4-5,8-13,16H,3,6-7,14-15H2,1-2H3,(H,23,25)/t16-/m1/s1.